The van der Waals surface area contributed by atoms with Gasteiger partial charge in [0.2, 0.25) is 11.8 Å². The van der Waals surface area contributed by atoms with E-state index in [1.807, 2.05) is 40.6 Å². The smallest absolute Gasteiger partial charge is 0.242 e. The quantitative estimate of drug-likeness (QED) is 0.371. The highest BCUT2D eigenvalue weighted by molar-refractivity contribution is 7.09. The van der Waals surface area contributed by atoms with Crippen LogP contribution in [0.3, 0.4) is 0 Å². The number of carbonyl (C=O) groups excluding carboxylic acids is 2. The van der Waals surface area contributed by atoms with Crippen LogP contribution < -0.4 is 9.47 Å². The van der Waals surface area contributed by atoms with Crippen molar-refractivity contribution in [2.45, 2.75) is 39.2 Å². The lowest BCUT2D eigenvalue weighted by molar-refractivity contribution is -0.140. The lowest BCUT2D eigenvalue weighted by atomic mass is 10.1. The molecule has 0 aliphatic heterocycles. The van der Waals surface area contributed by atoms with Crippen molar-refractivity contribution in [3.8, 4) is 11.5 Å². The van der Waals surface area contributed by atoms with Crippen LogP contribution in [0.5, 0.6) is 11.5 Å². The van der Waals surface area contributed by atoms with Gasteiger partial charge in [-0.15, -0.1) is 22.9 Å². The molecule has 0 radical (unpaired) electrons. The number of unbranched alkanes of at least 4 members (excludes halogenated alkanes) is 1. The van der Waals surface area contributed by atoms with Gasteiger partial charge in [0, 0.05) is 30.3 Å². The molecule has 0 bridgehead atoms. The fraction of sp³-hybridized carbons (Fsp3) is 0.500. The van der Waals surface area contributed by atoms with E-state index < -0.39 is 0 Å². The zero-order valence-corrected chi connectivity index (χ0v) is 20.7. The summed E-state index contributed by atoms with van der Waals surface area (Å²) in [6.07, 6.45) is 2.73. The first kappa shape index (κ1) is 26.0. The Morgan fingerprint density at radius 3 is 2.44 bits per heavy atom. The molecule has 2 rings (SSSR count). The van der Waals surface area contributed by atoms with Crippen LogP contribution in [0.25, 0.3) is 0 Å². The number of thiophene rings is 1. The van der Waals surface area contributed by atoms with Crippen molar-refractivity contribution in [1.29, 1.82) is 0 Å². The highest BCUT2D eigenvalue weighted by Crippen LogP contribution is 2.28. The number of rotatable bonds is 14. The van der Waals surface area contributed by atoms with Gasteiger partial charge in [0.25, 0.3) is 0 Å². The molecule has 0 saturated carbocycles. The number of hydrogen-bond acceptors (Lipinski definition) is 5. The molecule has 8 heteroatoms. The maximum Gasteiger partial charge on any atom is 0.242 e. The van der Waals surface area contributed by atoms with Crippen molar-refractivity contribution in [2.75, 3.05) is 39.7 Å². The fourth-order valence-electron chi connectivity index (χ4n) is 3.33. The molecule has 0 fully saturated rings. The van der Waals surface area contributed by atoms with Crippen LogP contribution >= 0.6 is 22.9 Å². The molecular formula is C24H33ClN2O4S. The number of hydrogen-bond donors (Lipinski definition) is 0. The van der Waals surface area contributed by atoms with Gasteiger partial charge in [-0.05, 0) is 42.0 Å². The van der Waals surface area contributed by atoms with Gasteiger partial charge in [0.05, 0.1) is 27.3 Å². The molecule has 1 aromatic carbocycles. The molecule has 1 heterocycles. The molecule has 1 aromatic heterocycles. The monoisotopic (exact) mass is 480 g/mol. The van der Waals surface area contributed by atoms with Gasteiger partial charge in [0.15, 0.2) is 11.5 Å². The normalized spacial score (nSPS) is 10.6. The van der Waals surface area contributed by atoms with Crippen LogP contribution in [0.1, 0.15) is 36.6 Å². The first-order valence-corrected chi connectivity index (χ1v) is 12.3. The predicted octanol–water partition coefficient (Wildman–Crippen LogP) is 4.59. The molecule has 0 aliphatic rings. The number of benzene rings is 1. The van der Waals surface area contributed by atoms with E-state index >= 15 is 0 Å². The second-order valence-corrected chi connectivity index (χ2v) is 8.85. The molecule has 6 nitrogen and oxygen atoms in total. The van der Waals surface area contributed by atoms with E-state index in [9.17, 15) is 9.59 Å². The van der Waals surface area contributed by atoms with Crippen molar-refractivity contribution < 1.29 is 19.1 Å². The van der Waals surface area contributed by atoms with Gasteiger partial charge in [-0.2, -0.15) is 0 Å². The van der Waals surface area contributed by atoms with Crippen molar-refractivity contribution in [3.63, 3.8) is 0 Å². The number of methoxy groups -OCH3 is 2. The lowest BCUT2D eigenvalue weighted by Gasteiger charge is -2.27. The maximum absolute atomic E-state index is 13.3. The van der Waals surface area contributed by atoms with Gasteiger partial charge < -0.3 is 19.3 Å². The molecule has 0 spiro atoms. The SMILES string of the molecule is CCCCN(CC(=O)N(CCc1ccc(OC)c(OC)c1)Cc1cccs1)C(=O)CCCl. The first-order valence-electron chi connectivity index (χ1n) is 10.9. The maximum atomic E-state index is 13.3. The molecule has 0 atom stereocenters. The zero-order chi connectivity index (χ0) is 23.3. The van der Waals surface area contributed by atoms with E-state index in [1.165, 1.54) is 0 Å². The number of carbonyl (C=O) groups is 2. The number of ether oxygens (including phenoxy) is 2. The Bertz CT molecular complexity index is 845. The molecular weight excluding hydrogens is 448 g/mol. The Hall–Kier alpha value is -2.25. The van der Waals surface area contributed by atoms with Crippen molar-refractivity contribution >= 4 is 34.8 Å². The van der Waals surface area contributed by atoms with E-state index in [4.69, 9.17) is 21.1 Å². The van der Waals surface area contributed by atoms with Gasteiger partial charge in [-0.1, -0.05) is 25.5 Å². The molecule has 32 heavy (non-hydrogen) atoms. The fourth-order valence-corrected chi connectivity index (χ4v) is 4.21. The summed E-state index contributed by atoms with van der Waals surface area (Å²) in [5, 5.41) is 2.00. The summed E-state index contributed by atoms with van der Waals surface area (Å²) >= 11 is 7.39. The minimum atomic E-state index is -0.0715. The summed E-state index contributed by atoms with van der Waals surface area (Å²) in [4.78, 5) is 30.3. The minimum absolute atomic E-state index is 0.0575. The molecule has 176 valence electrons. The first-order chi connectivity index (χ1) is 15.5. The summed E-state index contributed by atoms with van der Waals surface area (Å²) in [6, 6.07) is 9.79. The third-order valence-electron chi connectivity index (χ3n) is 5.17. The highest BCUT2D eigenvalue weighted by atomic mass is 35.5. The van der Waals surface area contributed by atoms with Gasteiger partial charge in [0.1, 0.15) is 0 Å². The van der Waals surface area contributed by atoms with Crippen LogP contribution in [-0.4, -0.2) is 61.3 Å². The average molecular weight is 481 g/mol. The van der Waals surface area contributed by atoms with Crippen LogP contribution in [0.2, 0.25) is 0 Å². The third kappa shape index (κ3) is 8.02. The second kappa shape index (κ2) is 14.0. The van der Waals surface area contributed by atoms with Crippen molar-refractivity contribution in [3.05, 3.63) is 46.2 Å². The summed E-state index contributed by atoms with van der Waals surface area (Å²) in [7, 11) is 3.21. The molecule has 0 saturated heterocycles. The predicted molar refractivity (Wildman–Crippen MR) is 130 cm³/mol. The number of nitrogens with zero attached hydrogens (tertiary/aromatic N) is 2. The topological polar surface area (TPSA) is 59.1 Å². The largest absolute Gasteiger partial charge is 0.493 e. The lowest BCUT2D eigenvalue weighted by Crippen LogP contribution is -2.43. The molecule has 2 aromatic rings. The summed E-state index contributed by atoms with van der Waals surface area (Å²) in [6.45, 7) is 3.78. The van der Waals surface area contributed by atoms with Gasteiger partial charge >= 0.3 is 0 Å². The number of alkyl halides is 1. The van der Waals surface area contributed by atoms with Crippen molar-refractivity contribution in [2.24, 2.45) is 0 Å². The Morgan fingerprint density at radius 1 is 1.03 bits per heavy atom. The summed E-state index contributed by atoms with van der Waals surface area (Å²) < 4.78 is 10.7. The zero-order valence-electron chi connectivity index (χ0n) is 19.1. The van der Waals surface area contributed by atoms with E-state index in [2.05, 4.69) is 6.92 Å². The van der Waals surface area contributed by atoms with Crippen LogP contribution in [0.4, 0.5) is 0 Å². The van der Waals surface area contributed by atoms with Crippen LogP contribution in [0.15, 0.2) is 35.7 Å². The second-order valence-electron chi connectivity index (χ2n) is 7.44. The van der Waals surface area contributed by atoms with Gasteiger partial charge in [-0.25, -0.2) is 0 Å². The Balaban J connectivity index is 2.12. The Morgan fingerprint density at radius 2 is 1.81 bits per heavy atom. The highest BCUT2D eigenvalue weighted by Gasteiger charge is 2.21. The van der Waals surface area contributed by atoms with Crippen LogP contribution in [-0.2, 0) is 22.6 Å². The molecule has 2 amide bonds. The van der Waals surface area contributed by atoms with E-state index in [0.29, 0.717) is 37.6 Å². The number of halogens is 1. The van der Waals surface area contributed by atoms with Crippen molar-refractivity contribution in [1.82, 2.24) is 9.80 Å². The van der Waals surface area contributed by atoms with E-state index in [-0.39, 0.29) is 30.7 Å². The number of amides is 2. The van der Waals surface area contributed by atoms with Gasteiger partial charge in [-0.3, -0.25) is 9.59 Å². The minimum Gasteiger partial charge on any atom is -0.493 e. The summed E-state index contributed by atoms with van der Waals surface area (Å²) in [5.74, 6) is 1.47. The molecule has 0 unspecified atom stereocenters. The Labute approximate surface area is 200 Å². The average Bonchev–Trinajstić information content (AvgIpc) is 3.32. The summed E-state index contributed by atoms with van der Waals surface area (Å²) in [5.41, 5.74) is 1.05. The third-order valence-corrected chi connectivity index (χ3v) is 6.22. The van der Waals surface area contributed by atoms with Crippen LogP contribution in [0, 0.1) is 0 Å². The standard InChI is InChI=1S/C24H33ClN2O4S/c1-4-5-13-26(23(28)10-12-25)18-24(29)27(17-20-7-6-15-32-20)14-11-19-8-9-21(30-2)22(16-19)31-3/h6-9,15-16H,4-5,10-14,17-18H2,1-3H3. The van der Waals surface area contributed by atoms with E-state index in [1.54, 1.807) is 30.5 Å². The molecule has 0 N–H and O–H groups in total. The Kier molecular flexibility index (Phi) is 11.4. The van der Waals surface area contributed by atoms with E-state index in [0.717, 1.165) is 23.3 Å². The molecule has 0 aliphatic carbocycles.